The molecule has 0 spiro atoms. The number of halogens is 1. The lowest BCUT2D eigenvalue weighted by molar-refractivity contribution is 0.359. The van der Waals surface area contributed by atoms with E-state index in [0.29, 0.717) is 11.3 Å². The van der Waals surface area contributed by atoms with Gasteiger partial charge in [-0.25, -0.2) is 18.3 Å². The minimum Gasteiger partial charge on any atom is -0.279 e. The number of hydrogen-bond acceptors (Lipinski definition) is 3. The van der Waals surface area contributed by atoms with Crippen LogP contribution in [0.25, 0.3) is 11.3 Å². The number of nitrogens with zero attached hydrogens (tertiary/aromatic N) is 4. The van der Waals surface area contributed by atoms with Crippen LogP contribution in [0, 0.1) is 5.82 Å². The Bertz CT molecular complexity index is 883. The van der Waals surface area contributed by atoms with Gasteiger partial charge in [0.25, 0.3) is 0 Å². The van der Waals surface area contributed by atoms with E-state index in [1.54, 1.807) is 21.4 Å². The Balaban J connectivity index is 2.35. The van der Waals surface area contributed by atoms with Crippen molar-refractivity contribution in [1.82, 2.24) is 18.7 Å². The number of fused-ring (bicyclic) bond motifs is 1. The largest absolute Gasteiger partial charge is 0.336 e. The van der Waals surface area contributed by atoms with E-state index >= 15 is 0 Å². The molecule has 3 aromatic rings. The van der Waals surface area contributed by atoms with Gasteiger partial charge in [-0.3, -0.25) is 4.57 Å². The Morgan fingerprint density at radius 2 is 1.82 bits per heavy atom. The Morgan fingerprint density at radius 1 is 1.18 bits per heavy atom. The van der Waals surface area contributed by atoms with E-state index in [-0.39, 0.29) is 17.0 Å². The first-order valence-electron chi connectivity index (χ1n) is 6.86. The molecule has 116 valence electrons. The van der Waals surface area contributed by atoms with Crippen molar-refractivity contribution < 1.29 is 4.39 Å². The number of thioether (sulfide) groups is 1. The van der Waals surface area contributed by atoms with Crippen molar-refractivity contribution in [2.24, 2.45) is 0 Å². The monoisotopic (exact) mass is 320 g/mol. The van der Waals surface area contributed by atoms with E-state index in [1.807, 2.05) is 27.0 Å². The molecule has 2 heterocycles. The minimum absolute atomic E-state index is 0.125. The molecule has 0 N–H and O–H groups in total. The Labute approximate surface area is 131 Å². The number of rotatable bonds is 2. The average molecular weight is 320 g/mol. The normalized spacial score (nSPS) is 12.2. The second-order valence-electron chi connectivity index (χ2n) is 6.01. The first kappa shape index (κ1) is 14.9. The fourth-order valence-electron chi connectivity index (χ4n) is 2.49. The van der Waals surface area contributed by atoms with Crippen LogP contribution in [0.5, 0.6) is 0 Å². The van der Waals surface area contributed by atoms with Crippen LogP contribution in [-0.2, 0) is 5.54 Å². The van der Waals surface area contributed by atoms with Gasteiger partial charge in [-0.2, -0.15) is 5.10 Å². The molecule has 3 rings (SSSR count). The molecule has 0 bridgehead atoms. The van der Waals surface area contributed by atoms with Crippen LogP contribution >= 0.6 is 11.8 Å². The van der Waals surface area contributed by atoms with E-state index in [1.165, 1.54) is 34.6 Å². The highest BCUT2D eigenvalue weighted by Gasteiger charge is 2.26. The molecular formula is C15H17FN4OS. The lowest BCUT2D eigenvalue weighted by atomic mass is 10.1. The molecule has 0 aliphatic heterocycles. The van der Waals surface area contributed by atoms with Crippen molar-refractivity contribution in [3.63, 3.8) is 0 Å². The third-order valence-corrected chi connectivity index (χ3v) is 4.19. The SMILES string of the molecule is CSc1c2n(-c3ccc(F)cc3)ncn2c(=O)n1C(C)(C)C. The van der Waals surface area contributed by atoms with Gasteiger partial charge in [-0.05, 0) is 51.3 Å². The van der Waals surface area contributed by atoms with Gasteiger partial charge < -0.3 is 0 Å². The summed E-state index contributed by atoms with van der Waals surface area (Å²) in [5.74, 6) is -0.304. The molecule has 0 atom stereocenters. The van der Waals surface area contributed by atoms with E-state index < -0.39 is 0 Å². The van der Waals surface area contributed by atoms with Crippen molar-refractivity contribution in [2.45, 2.75) is 31.3 Å². The summed E-state index contributed by atoms with van der Waals surface area (Å²) in [4.78, 5) is 12.7. The highest BCUT2D eigenvalue weighted by Crippen LogP contribution is 2.27. The van der Waals surface area contributed by atoms with Crippen molar-refractivity contribution in [3.8, 4) is 5.69 Å². The van der Waals surface area contributed by atoms with Gasteiger partial charge in [0.2, 0.25) is 0 Å². The molecule has 0 saturated heterocycles. The second kappa shape index (κ2) is 5.01. The quantitative estimate of drug-likeness (QED) is 0.682. The molecular weight excluding hydrogens is 303 g/mol. The van der Waals surface area contributed by atoms with Gasteiger partial charge in [-0.15, -0.1) is 11.8 Å². The molecule has 0 saturated carbocycles. The summed E-state index contributed by atoms with van der Waals surface area (Å²) in [6.07, 6.45) is 3.43. The van der Waals surface area contributed by atoms with Gasteiger partial charge in [-0.1, -0.05) is 0 Å². The van der Waals surface area contributed by atoms with Crippen LogP contribution in [0.2, 0.25) is 0 Å². The van der Waals surface area contributed by atoms with Crippen molar-refractivity contribution in [2.75, 3.05) is 6.26 Å². The maximum Gasteiger partial charge on any atom is 0.336 e. The molecule has 0 fully saturated rings. The fraction of sp³-hybridized carbons (Fsp3) is 0.333. The first-order valence-corrected chi connectivity index (χ1v) is 8.08. The van der Waals surface area contributed by atoms with E-state index in [2.05, 4.69) is 5.10 Å². The topological polar surface area (TPSA) is 44.2 Å². The second-order valence-corrected chi connectivity index (χ2v) is 6.81. The van der Waals surface area contributed by atoms with Crippen LogP contribution in [0.1, 0.15) is 20.8 Å². The summed E-state index contributed by atoms with van der Waals surface area (Å²) in [5.41, 5.74) is 0.944. The molecule has 0 aliphatic rings. The third-order valence-electron chi connectivity index (χ3n) is 3.44. The summed E-state index contributed by atoms with van der Waals surface area (Å²) in [6.45, 7) is 5.97. The van der Waals surface area contributed by atoms with Gasteiger partial charge in [0.15, 0.2) is 5.65 Å². The summed E-state index contributed by atoms with van der Waals surface area (Å²) in [6, 6.07) is 6.05. The molecule has 0 amide bonds. The molecule has 5 nitrogen and oxygen atoms in total. The number of hydrogen-bond donors (Lipinski definition) is 0. The number of aromatic nitrogens is 4. The molecule has 22 heavy (non-hydrogen) atoms. The van der Waals surface area contributed by atoms with Crippen LogP contribution < -0.4 is 5.69 Å². The van der Waals surface area contributed by atoms with Crippen LogP contribution in [-0.4, -0.2) is 25.0 Å². The zero-order valence-electron chi connectivity index (χ0n) is 12.9. The van der Waals surface area contributed by atoms with E-state index in [4.69, 9.17) is 0 Å². The lowest BCUT2D eigenvalue weighted by Crippen LogP contribution is -2.33. The van der Waals surface area contributed by atoms with Crippen LogP contribution in [0.3, 0.4) is 0 Å². The van der Waals surface area contributed by atoms with Crippen molar-refractivity contribution in [3.05, 3.63) is 46.9 Å². The first-order chi connectivity index (χ1) is 10.3. The lowest BCUT2D eigenvalue weighted by Gasteiger charge is -2.21. The summed E-state index contributed by atoms with van der Waals surface area (Å²) in [7, 11) is 0. The summed E-state index contributed by atoms with van der Waals surface area (Å²) >= 11 is 1.50. The Morgan fingerprint density at radius 3 is 2.36 bits per heavy atom. The Kier molecular flexibility index (Phi) is 3.40. The molecule has 1 aromatic carbocycles. The van der Waals surface area contributed by atoms with E-state index in [0.717, 1.165) is 5.03 Å². The van der Waals surface area contributed by atoms with E-state index in [9.17, 15) is 9.18 Å². The highest BCUT2D eigenvalue weighted by molar-refractivity contribution is 7.98. The number of benzene rings is 1. The minimum atomic E-state index is -0.338. The summed E-state index contributed by atoms with van der Waals surface area (Å²) < 4.78 is 18.1. The van der Waals surface area contributed by atoms with Gasteiger partial charge in [0.1, 0.15) is 17.2 Å². The molecule has 7 heteroatoms. The number of imidazole rings is 1. The van der Waals surface area contributed by atoms with Crippen LogP contribution in [0.4, 0.5) is 4.39 Å². The van der Waals surface area contributed by atoms with Gasteiger partial charge >= 0.3 is 5.69 Å². The van der Waals surface area contributed by atoms with Crippen molar-refractivity contribution >= 4 is 17.4 Å². The zero-order valence-corrected chi connectivity index (χ0v) is 13.7. The molecule has 2 aromatic heterocycles. The van der Waals surface area contributed by atoms with Crippen molar-refractivity contribution in [1.29, 1.82) is 0 Å². The maximum atomic E-state index is 13.1. The average Bonchev–Trinajstić information content (AvgIpc) is 2.98. The third kappa shape index (κ3) is 2.16. The predicted molar refractivity (Wildman–Crippen MR) is 85.5 cm³/mol. The molecule has 0 aliphatic carbocycles. The summed E-state index contributed by atoms with van der Waals surface area (Å²) in [5, 5.41) is 5.11. The standard InChI is InChI=1S/C15H17FN4OS/c1-15(2,3)19-13(22-4)12-18(14(19)21)9-17-20(12)11-7-5-10(16)6-8-11/h5-9H,1-4H3. The van der Waals surface area contributed by atoms with Crippen LogP contribution in [0.15, 0.2) is 40.4 Å². The zero-order chi connectivity index (χ0) is 16.1. The smallest absolute Gasteiger partial charge is 0.279 e. The highest BCUT2D eigenvalue weighted by atomic mass is 32.2. The van der Waals surface area contributed by atoms with Gasteiger partial charge in [0, 0.05) is 5.54 Å². The van der Waals surface area contributed by atoms with Gasteiger partial charge in [0.05, 0.1) is 5.69 Å². The predicted octanol–water partition coefficient (Wildman–Crippen LogP) is 2.90. The Hall–Kier alpha value is -2.02. The maximum absolute atomic E-state index is 13.1. The molecule has 0 unspecified atom stereocenters. The molecule has 0 radical (unpaired) electrons. The fourth-order valence-corrected chi connectivity index (χ4v) is 3.39.